The van der Waals surface area contributed by atoms with E-state index < -0.39 is 50.3 Å². The summed E-state index contributed by atoms with van der Waals surface area (Å²) in [5, 5.41) is 9.02. The maximum Gasteiger partial charge on any atom is 0.435 e. The van der Waals surface area contributed by atoms with Gasteiger partial charge in [0.1, 0.15) is 11.3 Å². The van der Waals surface area contributed by atoms with Crippen molar-refractivity contribution in [3.8, 4) is 11.8 Å². The third kappa shape index (κ3) is 5.38. The number of rotatable bonds is 6. The van der Waals surface area contributed by atoms with E-state index in [0.29, 0.717) is 19.3 Å². The van der Waals surface area contributed by atoms with Crippen LogP contribution in [-0.4, -0.2) is 40.7 Å². The molecule has 4 rings (SSSR count). The van der Waals surface area contributed by atoms with E-state index in [1.165, 1.54) is 31.3 Å². The van der Waals surface area contributed by atoms with E-state index in [2.05, 4.69) is 25.5 Å². The summed E-state index contributed by atoms with van der Waals surface area (Å²) in [5.41, 5.74) is -3.91. The predicted molar refractivity (Wildman–Crippen MR) is 123 cm³/mol. The quantitative estimate of drug-likeness (QED) is 0.447. The summed E-state index contributed by atoms with van der Waals surface area (Å²) in [6.45, 7) is 2.49. The lowest BCUT2D eigenvalue weighted by Gasteiger charge is -2.32. The highest BCUT2D eigenvalue weighted by atomic mass is 32.2. The van der Waals surface area contributed by atoms with Crippen LogP contribution in [0.2, 0.25) is 0 Å². The fourth-order valence-electron chi connectivity index (χ4n) is 3.73. The van der Waals surface area contributed by atoms with Gasteiger partial charge >= 0.3 is 6.18 Å². The van der Waals surface area contributed by atoms with E-state index in [1.807, 2.05) is 0 Å². The van der Waals surface area contributed by atoms with Crippen molar-refractivity contribution in [3.05, 3.63) is 58.7 Å². The average molecular weight is 540 g/mol. The molecular weight excluding hydrogens is 518 g/mol. The summed E-state index contributed by atoms with van der Waals surface area (Å²) in [6, 6.07) is 5.19. The molecule has 1 aliphatic rings. The number of nitrogens with zero attached hydrogens (tertiary/aromatic N) is 4. The molecule has 0 aliphatic heterocycles. The zero-order valence-electron chi connectivity index (χ0n) is 19.9. The Morgan fingerprint density at radius 1 is 1.14 bits per heavy atom. The molecule has 0 atom stereocenters. The molecule has 2 heterocycles. The van der Waals surface area contributed by atoms with Gasteiger partial charge < -0.3 is 10.1 Å². The number of alkyl halides is 4. The Balaban J connectivity index is 1.73. The molecule has 0 radical (unpaired) electrons. The number of amides is 1. The van der Waals surface area contributed by atoms with E-state index in [4.69, 9.17) is 4.74 Å². The molecule has 1 aromatic carbocycles. The zero-order chi connectivity index (χ0) is 27.2. The van der Waals surface area contributed by atoms with Crippen molar-refractivity contribution in [1.29, 1.82) is 0 Å². The van der Waals surface area contributed by atoms with Crippen molar-refractivity contribution in [1.82, 2.24) is 20.2 Å². The first kappa shape index (κ1) is 26.4. The fourth-order valence-corrected chi connectivity index (χ4v) is 4.39. The van der Waals surface area contributed by atoms with Crippen LogP contribution in [-0.2, 0) is 21.7 Å². The number of ether oxygens (including phenoxy) is 1. The van der Waals surface area contributed by atoms with Crippen LogP contribution in [0.1, 0.15) is 52.3 Å². The predicted octanol–water partition coefficient (Wildman–Crippen LogP) is 4.70. The van der Waals surface area contributed by atoms with Gasteiger partial charge in [0.2, 0.25) is 5.88 Å². The van der Waals surface area contributed by atoms with Gasteiger partial charge in [0.05, 0.1) is 16.8 Å². The molecule has 1 fully saturated rings. The van der Waals surface area contributed by atoms with Crippen LogP contribution >= 0.6 is 0 Å². The fraction of sp³-hybridized carbons (Fsp3) is 0.348. The maximum atomic E-state index is 14.7. The van der Waals surface area contributed by atoms with Crippen molar-refractivity contribution in [3.63, 3.8) is 0 Å². The SMILES string of the molecule is Cc1nc(C2(F)CCC2)cnc1Oc1nnc(C(F)(F)F)c(C)c1C(=O)Nc1cccc(S(C)(=O)=O)c1. The number of hydrogen-bond acceptors (Lipinski definition) is 8. The highest BCUT2D eigenvalue weighted by Crippen LogP contribution is 2.44. The number of carbonyl (C=O) groups excluding carboxylic acids is 1. The third-order valence-corrected chi connectivity index (χ3v) is 7.01. The van der Waals surface area contributed by atoms with Gasteiger partial charge in [-0.15, -0.1) is 10.2 Å². The van der Waals surface area contributed by atoms with Gasteiger partial charge in [-0.25, -0.2) is 22.8 Å². The molecule has 196 valence electrons. The van der Waals surface area contributed by atoms with Crippen LogP contribution in [0.5, 0.6) is 11.8 Å². The lowest BCUT2D eigenvalue weighted by Crippen LogP contribution is -2.30. The number of hydrogen-bond donors (Lipinski definition) is 1. The number of aryl methyl sites for hydroxylation is 1. The first-order valence-corrected chi connectivity index (χ1v) is 12.8. The molecule has 1 saturated carbocycles. The lowest BCUT2D eigenvalue weighted by atomic mass is 9.80. The molecule has 0 unspecified atom stereocenters. The van der Waals surface area contributed by atoms with Gasteiger partial charge in [-0.3, -0.25) is 4.79 Å². The van der Waals surface area contributed by atoms with Gasteiger partial charge in [-0.1, -0.05) is 6.07 Å². The van der Waals surface area contributed by atoms with Crippen molar-refractivity contribution < 1.29 is 35.5 Å². The van der Waals surface area contributed by atoms with Crippen molar-refractivity contribution >= 4 is 21.4 Å². The van der Waals surface area contributed by atoms with E-state index in [9.17, 15) is 30.8 Å². The van der Waals surface area contributed by atoms with E-state index in [1.54, 1.807) is 0 Å². The molecule has 1 N–H and O–H groups in total. The van der Waals surface area contributed by atoms with Crippen molar-refractivity contribution in [2.24, 2.45) is 0 Å². The van der Waals surface area contributed by atoms with Crippen LogP contribution in [0, 0.1) is 13.8 Å². The number of halogens is 4. The van der Waals surface area contributed by atoms with E-state index in [0.717, 1.165) is 19.2 Å². The van der Waals surface area contributed by atoms with Crippen LogP contribution in [0.25, 0.3) is 0 Å². The Morgan fingerprint density at radius 3 is 2.41 bits per heavy atom. The molecule has 0 saturated heterocycles. The van der Waals surface area contributed by atoms with Gasteiger partial charge in [0.15, 0.2) is 21.2 Å². The smallest absolute Gasteiger partial charge is 0.416 e. The summed E-state index contributed by atoms with van der Waals surface area (Å²) in [6.07, 6.45) is -1.47. The van der Waals surface area contributed by atoms with Gasteiger partial charge in [0, 0.05) is 11.9 Å². The van der Waals surface area contributed by atoms with Crippen molar-refractivity contribution in [2.45, 2.75) is 49.9 Å². The first-order valence-electron chi connectivity index (χ1n) is 11.0. The normalized spacial score (nSPS) is 15.1. The Bertz CT molecular complexity index is 1490. The Morgan fingerprint density at radius 2 is 1.84 bits per heavy atom. The zero-order valence-corrected chi connectivity index (χ0v) is 20.7. The molecule has 1 amide bonds. The Hall–Kier alpha value is -3.68. The maximum absolute atomic E-state index is 14.7. The molecule has 0 spiro atoms. The number of aromatic nitrogens is 4. The van der Waals surface area contributed by atoms with E-state index in [-0.39, 0.29) is 27.9 Å². The average Bonchev–Trinajstić information content (AvgIpc) is 2.77. The van der Waals surface area contributed by atoms with Gasteiger partial charge in [0.25, 0.3) is 11.8 Å². The third-order valence-electron chi connectivity index (χ3n) is 5.90. The van der Waals surface area contributed by atoms with Crippen LogP contribution in [0.3, 0.4) is 0 Å². The first-order chi connectivity index (χ1) is 17.2. The number of sulfone groups is 1. The summed E-state index contributed by atoms with van der Waals surface area (Å²) in [5.74, 6) is -1.85. The molecular formula is C23H21F4N5O4S. The topological polar surface area (TPSA) is 124 Å². The Labute approximate surface area is 209 Å². The number of benzene rings is 1. The summed E-state index contributed by atoms with van der Waals surface area (Å²) >= 11 is 0. The Kier molecular flexibility index (Phi) is 6.65. The highest BCUT2D eigenvalue weighted by Gasteiger charge is 2.41. The second kappa shape index (κ2) is 9.32. The molecule has 3 aromatic rings. The van der Waals surface area contributed by atoms with Gasteiger partial charge in [-0.2, -0.15) is 13.2 Å². The second-order valence-electron chi connectivity index (χ2n) is 8.67. The molecule has 2 aromatic heterocycles. The lowest BCUT2D eigenvalue weighted by molar-refractivity contribution is -0.142. The van der Waals surface area contributed by atoms with E-state index >= 15 is 0 Å². The van der Waals surface area contributed by atoms with Crippen LogP contribution < -0.4 is 10.1 Å². The number of nitrogens with one attached hydrogen (secondary N) is 1. The largest absolute Gasteiger partial charge is 0.435 e. The molecule has 9 nitrogen and oxygen atoms in total. The molecule has 37 heavy (non-hydrogen) atoms. The minimum absolute atomic E-state index is 0.0118. The molecule has 1 aliphatic carbocycles. The number of carbonyl (C=O) groups is 1. The minimum atomic E-state index is -4.92. The number of anilines is 1. The standard InChI is InChI=1S/C23H21F4N5O4S/c1-12-17(19(33)30-14-6-4-7-15(10-14)37(3,34)35)21(32-31-18(12)23(25,26)27)36-20-13(2)29-16(11-28-20)22(24)8-5-9-22/h4,6-7,10-11H,5,8-9H2,1-3H3,(H,30,33). The van der Waals surface area contributed by atoms with Crippen LogP contribution in [0.4, 0.5) is 23.2 Å². The molecule has 0 bridgehead atoms. The van der Waals surface area contributed by atoms with Gasteiger partial charge in [-0.05, 0) is 56.9 Å². The summed E-state index contributed by atoms with van der Waals surface area (Å²) < 4.78 is 84.5. The summed E-state index contributed by atoms with van der Waals surface area (Å²) in [4.78, 5) is 21.2. The minimum Gasteiger partial charge on any atom is -0.416 e. The highest BCUT2D eigenvalue weighted by molar-refractivity contribution is 7.90. The van der Waals surface area contributed by atoms with Crippen molar-refractivity contribution in [2.75, 3.05) is 11.6 Å². The second-order valence-corrected chi connectivity index (χ2v) is 10.7. The van der Waals surface area contributed by atoms with Crippen LogP contribution in [0.15, 0.2) is 35.4 Å². The monoisotopic (exact) mass is 539 g/mol. The summed E-state index contributed by atoms with van der Waals surface area (Å²) in [7, 11) is -3.61. The molecule has 14 heteroatoms.